The first-order valence-electron chi connectivity index (χ1n) is 8.02. The second kappa shape index (κ2) is 6.14. The minimum absolute atomic E-state index is 0.0497. The molecule has 4 nitrogen and oxygen atoms in total. The van der Waals surface area contributed by atoms with Crippen LogP contribution in [-0.2, 0) is 5.41 Å². The summed E-state index contributed by atoms with van der Waals surface area (Å²) in [4.78, 5) is 13.7. The summed E-state index contributed by atoms with van der Waals surface area (Å²) in [6.07, 6.45) is 1.84. The van der Waals surface area contributed by atoms with Crippen LogP contribution in [0.25, 0.3) is 0 Å². The van der Waals surface area contributed by atoms with Gasteiger partial charge in [-0.15, -0.1) is 0 Å². The van der Waals surface area contributed by atoms with Crippen molar-refractivity contribution in [2.45, 2.75) is 26.2 Å². The fourth-order valence-corrected chi connectivity index (χ4v) is 2.73. The number of anilines is 2. The van der Waals surface area contributed by atoms with Crippen LogP contribution in [0.4, 0.5) is 15.9 Å². The third-order valence-corrected chi connectivity index (χ3v) is 4.11. The van der Waals surface area contributed by atoms with Gasteiger partial charge in [-0.1, -0.05) is 20.8 Å². The maximum absolute atomic E-state index is 13.0. The Morgan fingerprint density at radius 3 is 2.13 bits per heavy atom. The Morgan fingerprint density at radius 2 is 1.52 bits per heavy atom. The van der Waals surface area contributed by atoms with Crippen LogP contribution in [0.3, 0.4) is 0 Å². The van der Waals surface area contributed by atoms with Gasteiger partial charge in [0.05, 0.1) is 0 Å². The largest absolute Gasteiger partial charge is 0.368 e. The van der Waals surface area contributed by atoms with E-state index in [2.05, 4.69) is 35.6 Å². The van der Waals surface area contributed by atoms with Crippen LogP contribution in [-0.4, -0.2) is 36.1 Å². The molecule has 0 N–H and O–H groups in total. The molecule has 0 atom stereocenters. The van der Waals surface area contributed by atoms with Gasteiger partial charge < -0.3 is 9.80 Å². The van der Waals surface area contributed by atoms with Gasteiger partial charge in [0.1, 0.15) is 17.5 Å². The molecule has 1 aromatic carbocycles. The van der Waals surface area contributed by atoms with Crippen molar-refractivity contribution in [1.29, 1.82) is 0 Å². The summed E-state index contributed by atoms with van der Waals surface area (Å²) in [6, 6.07) is 8.69. The van der Waals surface area contributed by atoms with Crippen LogP contribution in [0.5, 0.6) is 0 Å². The quantitative estimate of drug-likeness (QED) is 0.852. The number of halogens is 1. The summed E-state index contributed by atoms with van der Waals surface area (Å²) in [5.74, 6) is 1.67. The number of hydrogen-bond acceptors (Lipinski definition) is 4. The normalized spacial score (nSPS) is 15.8. The Morgan fingerprint density at radius 1 is 0.913 bits per heavy atom. The van der Waals surface area contributed by atoms with Crippen molar-refractivity contribution < 1.29 is 4.39 Å². The zero-order valence-corrected chi connectivity index (χ0v) is 14.0. The second-order valence-electron chi connectivity index (χ2n) is 6.94. The Kier molecular flexibility index (Phi) is 4.20. The smallest absolute Gasteiger partial charge is 0.135 e. The highest BCUT2D eigenvalue weighted by Crippen LogP contribution is 2.22. The molecular weight excluding hydrogens is 291 g/mol. The van der Waals surface area contributed by atoms with Crippen molar-refractivity contribution in [3.8, 4) is 0 Å². The molecule has 2 aromatic rings. The summed E-state index contributed by atoms with van der Waals surface area (Å²) >= 11 is 0. The van der Waals surface area contributed by atoms with E-state index in [1.807, 2.05) is 24.4 Å². The highest BCUT2D eigenvalue weighted by atomic mass is 19.1. The number of rotatable bonds is 2. The molecule has 1 fully saturated rings. The summed E-state index contributed by atoms with van der Waals surface area (Å²) in [7, 11) is 0. The standard InChI is InChI=1S/C18H23FN4/c1-18(2,3)17-20-9-8-16(21-17)23-12-10-22(11-13-23)15-6-4-14(19)5-7-15/h4-9H,10-13H2,1-3H3. The fraction of sp³-hybridized carbons (Fsp3) is 0.444. The number of benzene rings is 1. The van der Waals surface area contributed by atoms with Gasteiger partial charge >= 0.3 is 0 Å². The Hall–Kier alpha value is -2.17. The summed E-state index contributed by atoms with van der Waals surface area (Å²) in [6.45, 7) is 9.98. The van der Waals surface area contributed by atoms with Gasteiger partial charge in [0.15, 0.2) is 0 Å². The van der Waals surface area contributed by atoms with Gasteiger partial charge in [0, 0.05) is 43.5 Å². The van der Waals surface area contributed by atoms with Crippen molar-refractivity contribution in [1.82, 2.24) is 9.97 Å². The molecule has 3 rings (SSSR count). The first-order valence-corrected chi connectivity index (χ1v) is 8.02. The van der Waals surface area contributed by atoms with E-state index in [1.54, 1.807) is 0 Å². The first-order chi connectivity index (χ1) is 10.9. The van der Waals surface area contributed by atoms with E-state index in [4.69, 9.17) is 4.98 Å². The maximum Gasteiger partial charge on any atom is 0.135 e. The lowest BCUT2D eigenvalue weighted by atomic mass is 9.96. The van der Waals surface area contributed by atoms with Crippen molar-refractivity contribution in [2.75, 3.05) is 36.0 Å². The topological polar surface area (TPSA) is 32.3 Å². The molecule has 0 aliphatic carbocycles. The molecular formula is C18H23FN4. The van der Waals surface area contributed by atoms with E-state index >= 15 is 0 Å². The van der Waals surface area contributed by atoms with Gasteiger partial charge in [-0.25, -0.2) is 14.4 Å². The van der Waals surface area contributed by atoms with Crippen molar-refractivity contribution in [2.24, 2.45) is 0 Å². The SMILES string of the molecule is CC(C)(C)c1nccc(N2CCN(c3ccc(F)cc3)CC2)n1. The molecule has 1 aliphatic heterocycles. The lowest BCUT2D eigenvalue weighted by Crippen LogP contribution is -2.47. The highest BCUT2D eigenvalue weighted by molar-refractivity contribution is 5.49. The molecule has 0 amide bonds. The third-order valence-electron chi connectivity index (χ3n) is 4.11. The van der Waals surface area contributed by atoms with E-state index in [9.17, 15) is 4.39 Å². The molecule has 23 heavy (non-hydrogen) atoms. The lowest BCUT2D eigenvalue weighted by molar-refractivity contribution is 0.542. The predicted molar refractivity (Wildman–Crippen MR) is 91.6 cm³/mol. The lowest BCUT2D eigenvalue weighted by Gasteiger charge is -2.37. The molecule has 0 spiro atoms. The maximum atomic E-state index is 13.0. The summed E-state index contributed by atoms with van der Waals surface area (Å²) < 4.78 is 13.0. The van der Waals surface area contributed by atoms with Crippen LogP contribution in [0.2, 0.25) is 0 Å². The fourth-order valence-electron chi connectivity index (χ4n) is 2.73. The zero-order valence-electron chi connectivity index (χ0n) is 14.0. The van der Waals surface area contributed by atoms with Gasteiger partial charge in [-0.05, 0) is 30.3 Å². The zero-order chi connectivity index (χ0) is 16.4. The van der Waals surface area contributed by atoms with Crippen LogP contribution in [0, 0.1) is 5.82 Å². The number of piperazine rings is 1. The van der Waals surface area contributed by atoms with Gasteiger partial charge in [-0.3, -0.25) is 0 Å². The van der Waals surface area contributed by atoms with E-state index < -0.39 is 0 Å². The molecule has 1 saturated heterocycles. The second-order valence-corrected chi connectivity index (χ2v) is 6.94. The molecule has 0 saturated carbocycles. The molecule has 5 heteroatoms. The average molecular weight is 314 g/mol. The molecule has 1 aliphatic rings. The van der Waals surface area contributed by atoms with Crippen LogP contribution in [0.1, 0.15) is 26.6 Å². The first kappa shape index (κ1) is 15.7. The van der Waals surface area contributed by atoms with Crippen molar-refractivity contribution >= 4 is 11.5 Å². The van der Waals surface area contributed by atoms with Crippen molar-refractivity contribution in [3.05, 3.63) is 48.2 Å². The van der Waals surface area contributed by atoms with E-state index in [-0.39, 0.29) is 11.2 Å². The Balaban J connectivity index is 1.68. The molecule has 2 heterocycles. The van der Waals surface area contributed by atoms with Crippen molar-refractivity contribution in [3.63, 3.8) is 0 Å². The minimum atomic E-state index is -0.192. The van der Waals surface area contributed by atoms with E-state index in [0.29, 0.717) is 0 Å². The number of hydrogen-bond donors (Lipinski definition) is 0. The number of nitrogens with zero attached hydrogens (tertiary/aromatic N) is 4. The number of aromatic nitrogens is 2. The Labute approximate surface area is 137 Å². The molecule has 0 radical (unpaired) electrons. The molecule has 122 valence electrons. The third kappa shape index (κ3) is 3.60. The molecule has 0 unspecified atom stereocenters. The van der Waals surface area contributed by atoms with Crippen LogP contribution >= 0.6 is 0 Å². The van der Waals surface area contributed by atoms with Gasteiger partial charge in [0.2, 0.25) is 0 Å². The Bertz CT molecular complexity index is 655. The average Bonchev–Trinajstić information content (AvgIpc) is 2.55. The highest BCUT2D eigenvalue weighted by Gasteiger charge is 2.21. The van der Waals surface area contributed by atoms with Crippen LogP contribution in [0.15, 0.2) is 36.5 Å². The summed E-state index contributed by atoms with van der Waals surface area (Å²) in [5, 5.41) is 0. The predicted octanol–water partition coefficient (Wildman–Crippen LogP) is 3.24. The monoisotopic (exact) mass is 314 g/mol. The molecule has 0 bridgehead atoms. The molecule has 1 aromatic heterocycles. The minimum Gasteiger partial charge on any atom is -0.368 e. The van der Waals surface area contributed by atoms with E-state index in [1.165, 1.54) is 12.1 Å². The van der Waals surface area contributed by atoms with Crippen LogP contribution < -0.4 is 9.80 Å². The summed E-state index contributed by atoms with van der Waals surface area (Å²) in [5.41, 5.74) is 1.02. The van der Waals surface area contributed by atoms with Gasteiger partial charge in [-0.2, -0.15) is 0 Å². The van der Waals surface area contributed by atoms with Gasteiger partial charge in [0.25, 0.3) is 0 Å². The van der Waals surface area contributed by atoms with E-state index in [0.717, 1.165) is 43.5 Å².